The lowest BCUT2D eigenvalue weighted by Crippen LogP contribution is -2.45. The molecule has 0 radical (unpaired) electrons. The molecule has 2 heterocycles. The number of rotatable bonds is 9. The van der Waals surface area contributed by atoms with Crippen LogP contribution in [0.2, 0.25) is 5.02 Å². The van der Waals surface area contributed by atoms with Crippen LogP contribution in [0.25, 0.3) is 11.4 Å². The van der Waals surface area contributed by atoms with E-state index in [1.165, 1.54) is 21.8 Å². The van der Waals surface area contributed by atoms with Crippen LogP contribution < -0.4 is 10.2 Å². The average Bonchev–Trinajstić information content (AvgIpc) is 3.45. The van der Waals surface area contributed by atoms with Crippen molar-refractivity contribution >= 4 is 29.1 Å². The zero-order valence-corrected chi connectivity index (χ0v) is 22.7. The predicted octanol–water partition coefficient (Wildman–Crippen LogP) is 4.93. The van der Waals surface area contributed by atoms with Gasteiger partial charge in [0.05, 0.1) is 0 Å². The van der Waals surface area contributed by atoms with Crippen LogP contribution in [-0.4, -0.2) is 37.0 Å². The number of tetrazole rings is 1. The van der Waals surface area contributed by atoms with E-state index in [1.54, 1.807) is 60.9 Å². The number of nitrogens with zero attached hydrogens (tertiary/aromatic N) is 6. The maximum absolute atomic E-state index is 13.9. The van der Waals surface area contributed by atoms with E-state index in [9.17, 15) is 14.0 Å². The van der Waals surface area contributed by atoms with Crippen molar-refractivity contribution in [3.05, 3.63) is 125 Å². The van der Waals surface area contributed by atoms with Crippen molar-refractivity contribution in [1.82, 2.24) is 30.5 Å². The molecule has 0 spiro atoms. The topological polar surface area (TPSA) is 106 Å². The number of nitrogens with one attached hydrogen (secondary N) is 1. The van der Waals surface area contributed by atoms with Gasteiger partial charge in [-0.3, -0.25) is 19.5 Å². The molecular formula is C30H25ClFN7O2. The smallest absolute Gasteiger partial charge is 0.251 e. The van der Waals surface area contributed by atoms with Gasteiger partial charge in [0, 0.05) is 35.2 Å². The van der Waals surface area contributed by atoms with Crippen molar-refractivity contribution < 1.29 is 14.0 Å². The summed E-state index contributed by atoms with van der Waals surface area (Å²) in [6.07, 6.45) is 3.10. The summed E-state index contributed by atoms with van der Waals surface area (Å²) in [4.78, 5) is 34.3. The number of hydrogen-bond acceptors (Lipinski definition) is 6. The van der Waals surface area contributed by atoms with Crippen molar-refractivity contribution in [2.24, 2.45) is 0 Å². The van der Waals surface area contributed by atoms with Crippen LogP contribution in [0.15, 0.2) is 97.3 Å². The zero-order valence-electron chi connectivity index (χ0n) is 22.0. The molecule has 9 nitrogen and oxygen atoms in total. The van der Waals surface area contributed by atoms with E-state index in [1.807, 2.05) is 31.2 Å². The molecule has 0 aliphatic carbocycles. The first kappa shape index (κ1) is 27.6. The summed E-state index contributed by atoms with van der Waals surface area (Å²) < 4.78 is 13.4. The fraction of sp³-hybridized carbons (Fsp3) is 0.133. The summed E-state index contributed by atoms with van der Waals surface area (Å²) in [6, 6.07) is 22.3. The Labute approximate surface area is 240 Å². The third-order valence-corrected chi connectivity index (χ3v) is 6.57. The van der Waals surface area contributed by atoms with Crippen molar-refractivity contribution in [1.29, 1.82) is 0 Å². The molecule has 0 unspecified atom stereocenters. The standard InChI is InChI=1S/C30H25ClFN7O2/c1-20-2-6-23(7-3-20)29-35-37-38(36-29)19-27(40)39(26-12-8-24(31)9-13-26)28(22-14-16-33-17-15-22)30(41)34-18-21-4-10-25(32)11-5-21/h2-17,28H,18-19H2,1H3,(H,34,41)/t28-/m0/s1. The molecule has 0 bridgehead atoms. The maximum Gasteiger partial charge on any atom is 0.251 e. The largest absolute Gasteiger partial charge is 0.350 e. The SMILES string of the molecule is Cc1ccc(-c2nnn(CC(=O)N(c3ccc(Cl)cc3)[C@H](C(=O)NCc3ccc(F)cc3)c3ccncc3)n2)cc1. The molecule has 5 aromatic rings. The van der Waals surface area contributed by atoms with Gasteiger partial charge in [-0.1, -0.05) is 53.6 Å². The summed E-state index contributed by atoms with van der Waals surface area (Å²) in [5.41, 5.74) is 3.53. The van der Waals surface area contributed by atoms with Gasteiger partial charge in [0.2, 0.25) is 11.7 Å². The molecule has 3 aromatic carbocycles. The van der Waals surface area contributed by atoms with E-state index in [0.29, 0.717) is 27.7 Å². The molecular weight excluding hydrogens is 545 g/mol. The molecule has 0 saturated carbocycles. The van der Waals surface area contributed by atoms with E-state index in [0.717, 1.165) is 11.1 Å². The Morgan fingerprint density at radius 1 is 0.951 bits per heavy atom. The maximum atomic E-state index is 13.9. The fourth-order valence-corrected chi connectivity index (χ4v) is 4.34. The minimum absolute atomic E-state index is 0.133. The normalized spacial score (nSPS) is 11.6. The highest BCUT2D eigenvalue weighted by Gasteiger charge is 2.33. The highest BCUT2D eigenvalue weighted by molar-refractivity contribution is 6.30. The number of pyridine rings is 1. The van der Waals surface area contributed by atoms with E-state index < -0.39 is 17.9 Å². The van der Waals surface area contributed by atoms with Gasteiger partial charge in [-0.2, -0.15) is 4.80 Å². The second-order valence-corrected chi connectivity index (χ2v) is 9.71. The second-order valence-electron chi connectivity index (χ2n) is 9.28. The summed E-state index contributed by atoms with van der Waals surface area (Å²) >= 11 is 6.13. The fourth-order valence-electron chi connectivity index (χ4n) is 4.22. The van der Waals surface area contributed by atoms with Crippen LogP contribution >= 0.6 is 11.6 Å². The third-order valence-electron chi connectivity index (χ3n) is 6.32. The van der Waals surface area contributed by atoms with Crippen LogP contribution in [0, 0.1) is 12.7 Å². The molecule has 1 N–H and O–H groups in total. The number of hydrogen-bond donors (Lipinski definition) is 1. The van der Waals surface area contributed by atoms with E-state index in [2.05, 4.69) is 25.7 Å². The molecule has 11 heteroatoms. The van der Waals surface area contributed by atoms with Gasteiger partial charge in [-0.25, -0.2) is 4.39 Å². The average molecular weight is 570 g/mol. The lowest BCUT2D eigenvalue weighted by molar-refractivity contribution is -0.127. The molecule has 5 rings (SSSR count). The highest BCUT2D eigenvalue weighted by atomic mass is 35.5. The summed E-state index contributed by atoms with van der Waals surface area (Å²) in [5.74, 6) is -0.908. The number of amides is 2. The molecule has 41 heavy (non-hydrogen) atoms. The molecule has 0 saturated heterocycles. The Bertz CT molecular complexity index is 1630. The van der Waals surface area contributed by atoms with Crippen LogP contribution in [0.4, 0.5) is 10.1 Å². The number of carbonyl (C=O) groups excluding carboxylic acids is 2. The van der Waals surface area contributed by atoms with E-state index >= 15 is 0 Å². The number of anilines is 1. The molecule has 0 fully saturated rings. The van der Waals surface area contributed by atoms with E-state index in [-0.39, 0.29) is 18.9 Å². The van der Waals surface area contributed by atoms with Crippen molar-refractivity contribution in [2.45, 2.75) is 26.1 Å². The number of aryl methyl sites for hydroxylation is 1. The molecule has 0 aliphatic rings. The molecule has 206 valence electrons. The number of halogens is 2. The zero-order chi connectivity index (χ0) is 28.8. The van der Waals surface area contributed by atoms with Gasteiger partial charge >= 0.3 is 0 Å². The Morgan fingerprint density at radius 2 is 1.63 bits per heavy atom. The van der Waals surface area contributed by atoms with Gasteiger partial charge in [0.1, 0.15) is 18.4 Å². The van der Waals surface area contributed by atoms with Crippen molar-refractivity contribution in [3.63, 3.8) is 0 Å². The molecule has 0 aliphatic heterocycles. The highest BCUT2D eigenvalue weighted by Crippen LogP contribution is 2.29. The van der Waals surface area contributed by atoms with Gasteiger partial charge in [0.25, 0.3) is 5.91 Å². The second kappa shape index (κ2) is 12.5. The Kier molecular flexibility index (Phi) is 8.40. The number of benzene rings is 3. The van der Waals surface area contributed by atoms with Gasteiger partial charge < -0.3 is 5.32 Å². The van der Waals surface area contributed by atoms with Gasteiger partial charge in [-0.05, 0) is 71.8 Å². The third kappa shape index (κ3) is 6.79. The minimum atomic E-state index is -1.08. The van der Waals surface area contributed by atoms with Crippen molar-refractivity contribution in [2.75, 3.05) is 4.90 Å². The first-order valence-electron chi connectivity index (χ1n) is 12.7. The Balaban J connectivity index is 1.47. The molecule has 2 amide bonds. The number of aromatic nitrogens is 5. The predicted molar refractivity (Wildman–Crippen MR) is 152 cm³/mol. The van der Waals surface area contributed by atoms with Gasteiger partial charge in [-0.15, -0.1) is 10.2 Å². The van der Waals surface area contributed by atoms with Crippen LogP contribution in [0.1, 0.15) is 22.7 Å². The first-order chi connectivity index (χ1) is 19.9. The lowest BCUT2D eigenvalue weighted by atomic mass is 10.0. The number of carbonyl (C=O) groups is 2. The van der Waals surface area contributed by atoms with E-state index in [4.69, 9.17) is 11.6 Å². The lowest BCUT2D eigenvalue weighted by Gasteiger charge is -2.31. The summed E-state index contributed by atoms with van der Waals surface area (Å²) in [7, 11) is 0. The van der Waals surface area contributed by atoms with Gasteiger partial charge in [0.15, 0.2) is 0 Å². The van der Waals surface area contributed by atoms with Crippen LogP contribution in [0.3, 0.4) is 0 Å². The Hall–Kier alpha value is -4.96. The van der Waals surface area contributed by atoms with Crippen molar-refractivity contribution in [3.8, 4) is 11.4 Å². The van der Waals surface area contributed by atoms with Crippen LogP contribution in [0.5, 0.6) is 0 Å². The summed E-state index contributed by atoms with van der Waals surface area (Å²) in [5, 5.41) is 15.9. The molecule has 1 atom stereocenters. The minimum Gasteiger partial charge on any atom is -0.350 e. The Morgan fingerprint density at radius 3 is 2.32 bits per heavy atom. The summed E-state index contributed by atoms with van der Waals surface area (Å²) in [6.45, 7) is 1.83. The van der Waals surface area contributed by atoms with Crippen LogP contribution in [-0.2, 0) is 22.7 Å². The first-order valence-corrected chi connectivity index (χ1v) is 13.1. The quantitative estimate of drug-likeness (QED) is 0.270. The monoisotopic (exact) mass is 569 g/mol. The molecule has 2 aromatic heterocycles.